The second-order valence-electron chi connectivity index (χ2n) is 14.5. The average Bonchev–Trinajstić information content (AvgIpc) is 3.92. The van der Waals surface area contributed by atoms with E-state index in [1.807, 2.05) is 49.5 Å². The smallest absolute Gasteiger partial charge is 0.0799 e. The maximum absolute atomic E-state index is 9.19. The van der Waals surface area contributed by atoms with E-state index in [0.717, 1.165) is 41.1 Å². The number of aromatic nitrogens is 2. The van der Waals surface area contributed by atoms with E-state index in [4.69, 9.17) is 8.22 Å². The summed E-state index contributed by atoms with van der Waals surface area (Å²) in [4.78, 5) is 9.28. The topological polar surface area (TPSA) is 25.8 Å². The van der Waals surface area contributed by atoms with Crippen LogP contribution in [0.5, 0.6) is 0 Å². The molecule has 49 heavy (non-hydrogen) atoms. The molecule has 0 amide bonds. The molecule has 2 aliphatic rings. The Morgan fingerprint density at radius 3 is 1.84 bits per heavy atom. The Bertz CT molecular complexity index is 2100. The van der Waals surface area contributed by atoms with Crippen LogP contribution >= 0.6 is 0 Å². The third-order valence-electron chi connectivity index (χ3n) is 10.4. The van der Waals surface area contributed by atoms with Crippen molar-refractivity contribution in [2.75, 3.05) is 0 Å². The van der Waals surface area contributed by atoms with Crippen molar-refractivity contribution in [3.63, 3.8) is 0 Å². The van der Waals surface area contributed by atoms with Gasteiger partial charge in [-0.15, -0.1) is 71.6 Å². The molecule has 2 aliphatic carbocycles. The summed E-state index contributed by atoms with van der Waals surface area (Å²) in [6.45, 7) is 11.4. The summed E-state index contributed by atoms with van der Waals surface area (Å²) >= 11 is 0. The van der Waals surface area contributed by atoms with Gasteiger partial charge in [-0.25, -0.2) is 0 Å². The zero-order valence-electron chi connectivity index (χ0n) is 36.5. The van der Waals surface area contributed by atoms with E-state index in [1.54, 1.807) is 12.3 Å². The summed E-state index contributed by atoms with van der Waals surface area (Å²) in [6, 6.07) is 22.8. The third-order valence-corrected chi connectivity index (χ3v) is 12.4. The second kappa shape index (κ2) is 17.2. The SMILES string of the molecule is [2H]c1[c-]c(-c2cc(-c3ccccc3)c(C([2H])(C)C3CCCC3)cn2)cc([2H])c1[2H].[2H]c1[c-]c(-c2cc(C(C)C3CCCC3)c([Si](C)(C)C)cn2)cc([2H])c1[2H].[Ir]. The molecule has 257 valence electrons. The average molecular weight is 848 g/mol. The molecule has 0 aliphatic heterocycles. The van der Waals surface area contributed by atoms with E-state index < -0.39 is 14.0 Å². The van der Waals surface area contributed by atoms with E-state index in [9.17, 15) is 1.37 Å². The number of hydrogen-bond acceptors (Lipinski definition) is 2. The molecule has 2 unspecified atom stereocenters. The molecule has 7 rings (SSSR count). The molecule has 2 fully saturated rings. The summed E-state index contributed by atoms with van der Waals surface area (Å²) < 4.78 is 56.3. The quantitative estimate of drug-likeness (QED) is 0.115. The summed E-state index contributed by atoms with van der Waals surface area (Å²) in [6.07, 6.45) is 13.6. The predicted molar refractivity (Wildman–Crippen MR) is 206 cm³/mol. The van der Waals surface area contributed by atoms with E-state index >= 15 is 0 Å². The molecular weight excluding hydrogens is 789 g/mol. The molecule has 2 aromatic heterocycles. The van der Waals surface area contributed by atoms with Crippen molar-refractivity contribution in [1.29, 1.82) is 0 Å². The Hall–Kier alpha value is -3.17. The standard InChI is InChI=1S/C24H24N.C21H28NSi.Ir/c1-18(19-10-8-9-11-19)23-17-25-24(21-14-6-3-7-15-21)16-22(23)20-12-4-2-5-13-20;1-16(17-10-8-9-11-17)19-14-20(18-12-6-5-7-13-18)22-15-21(19)23(2,3)4;/h2-7,12-14,16-19H,8-11H2,1H3;5-7,12,14-17H,8-11H2,1-4H3;/q2*-1;/i3D,6D,7D,18D;5D,6D,7D;. The van der Waals surface area contributed by atoms with Gasteiger partial charge in [-0.3, -0.25) is 0 Å². The predicted octanol–water partition coefficient (Wildman–Crippen LogP) is 11.9. The van der Waals surface area contributed by atoms with Gasteiger partial charge in [0.1, 0.15) is 0 Å². The second-order valence-corrected chi connectivity index (χ2v) is 19.6. The van der Waals surface area contributed by atoms with Crippen molar-refractivity contribution < 1.29 is 29.7 Å². The van der Waals surface area contributed by atoms with Gasteiger partial charge in [0, 0.05) is 39.4 Å². The zero-order chi connectivity index (χ0) is 39.7. The number of rotatable bonds is 8. The van der Waals surface area contributed by atoms with Crippen LogP contribution in [0.4, 0.5) is 0 Å². The van der Waals surface area contributed by atoms with Crippen molar-refractivity contribution in [1.82, 2.24) is 9.97 Å². The number of benzene rings is 3. The fourth-order valence-corrected chi connectivity index (χ4v) is 9.14. The minimum absolute atomic E-state index is 0. The van der Waals surface area contributed by atoms with Gasteiger partial charge >= 0.3 is 0 Å². The summed E-state index contributed by atoms with van der Waals surface area (Å²) in [5.41, 5.74) is 6.85. The van der Waals surface area contributed by atoms with E-state index in [2.05, 4.69) is 54.7 Å². The minimum Gasteiger partial charge on any atom is -0.305 e. The van der Waals surface area contributed by atoms with Gasteiger partial charge in [-0.1, -0.05) is 107 Å². The molecule has 2 heterocycles. The van der Waals surface area contributed by atoms with E-state index in [-0.39, 0.29) is 56.4 Å². The van der Waals surface area contributed by atoms with Crippen molar-refractivity contribution >= 4 is 13.3 Å². The van der Waals surface area contributed by atoms with E-state index in [0.29, 0.717) is 28.7 Å². The molecule has 0 spiro atoms. The van der Waals surface area contributed by atoms with Crippen LogP contribution < -0.4 is 5.19 Å². The van der Waals surface area contributed by atoms with Crippen LogP contribution in [0.3, 0.4) is 0 Å². The maximum Gasteiger partial charge on any atom is 0.0799 e. The monoisotopic (exact) mass is 848 g/mol. The summed E-state index contributed by atoms with van der Waals surface area (Å²) in [5, 5.41) is 1.41. The first-order chi connectivity index (χ1) is 26.1. The maximum atomic E-state index is 9.19. The fourth-order valence-electron chi connectivity index (χ4n) is 7.52. The number of nitrogens with zero attached hydrogens (tertiary/aromatic N) is 2. The molecular formula is C45H52IrN2Si-2. The largest absolute Gasteiger partial charge is 0.305 e. The van der Waals surface area contributed by atoms with Gasteiger partial charge in [0.2, 0.25) is 0 Å². The van der Waals surface area contributed by atoms with Crippen molar-refractivity contribution in [3.8, 4) is 33.6 Å². The van der Waals surface area contributed by atoms with Gasteiger partial charge in [-0.05, 0) is 85.3 Å². The van der Waals surface area contributed by atoms with Gasteiger partial charge in [0.15, 0.2) is 0 Å². The zero-order valence-corrected chi connectivity index (χ0v) is 32.9. The molecule has 2 atom stereocenters. The Kier molecular flexibility index (Phi) is 9.99. The molecule has 0 N–H and O–H groups in total. The van der Waals surface area contributed by atoms with E-state index in [1.165, 1.54) is 55.3 Å². The van der Waals surface area contributed by atoms with Crippen LogP contribution in [0, 0.1) is 24.0 Å². The van der Waals surface area contributed by atoms with Gasteiger partial charge in [0.25, 0.3) is 0 Å². The molecule has 4 heteroatoms. The molecule has 3 aromatic carbocycles. The molecule has 0 bridgehead atoms. The Balaban J connectivity index is 0.000000212. The summed E-state index contributed by atoms with van der Waals surface area (Å²) in [5.74, 6) is 0.815. The molecule has 1 radical (unpaired) electrons. The first-order valence-electron chi connectivity index (χ1n) is 21.1. The van der Waals surface area contributed by atoms with Crippen LogP contribution in [0.25, 0.3) is 33.6 Å². The van der Waals surface area contributed by atoms with Crippen molar-refractivity contribution in [2.45, 2.75) is 96.7 Å². The molecule has 0 saturated heterocycles. The van der Waals surface area contributed by atoms with Crippen LogP contribution in [-0.4, -0.2) is 18.0 Å². The van der Waals surface area contributed by atoms with Crippen LogP contribution in [0.1, 0.15) is 97.7 Å². The van der Waals surface area contributed by atoms with Crippen LogP contribution in [0.2, 0.25) is 19.6 Å². The van der Waals surface area contributed by atoms with Gasteiger partial charge in [0.05, 0.1) is 8.07 Å². The normalized spacial score (nSPS) is 19.0. The van der Waals surface area contributed by atoms with Crippen molar-refractivity contribution in [3.05, 3.63) is 127 Å². The van der Waals surface area contributed by atoms with Crippen LogP contribution in [0.15, 0.2) is 103 Å². The fraction of sp³-hybridized carbons (Fsp3) is 0.378. The molecule has 2 nitrogen and oxygen atoms in total. The van der Waals surface area contributed by atoms with Crippen LogP contribution in [-0.2, 0) is 20.1 Å². The first-order valence-corrected chi connectivity index (χ1v) is 21.1. The Morgan fingerprint density at radius 1 is 0.714 bits per heavy atom. The molecule has 5 aromatic rings. The minimum atomic E-state index is -1.52. The van der Waals surface area contributed by atoms with Crippen molar-refractivity contribution in [2.24, 2.45) is 11.8 Å². The van der Waals surface area contributed by atoms with Gasteiger partial charge in [-0.2, -0.15) is 0 Å². The first kappa shape index (κ1) is 28.5. The van der Waals surface area contributed by atoms with Gasteiger partial charge < -0.3 is 9.97 Å². The Morgan fingerprint density at radius 2 is 1.27 bits per heavy atom. The number of pyridine rings is 2. The summed E-state index contributed by atoms with van der Waals surface area (Å²) in [7, 11) is -1.52. The molecule has 2 saturated carbocycles. The Labute approximate surface area is 320 Å². The number of hydrogen-bond donors (Lipinski definition) is 0. The third kappa shape index (κ3) is 9.14.